The van der Waals surface area contributed by atoms with E-state index in [1.807, 2.05) is 0 Å². The maximum atomic E-state index is 14.2. The average Bonchev–Trinajstić information content (AvgIpc) is 3.33. The van der Waals surface area contributed by atoms with Gasteiger partial charge in [-0.05, 0) is 81.3 Å². The number of benzene rings is 2. The maximum Gasteiger partial charge on any atom is 0.245 e. The zero-order valence-corrected chi connectivity index (χ0v) is 21.7. The minimum absolute atomic E-state index is 0.129. The lowest BCUT2D eigenvalue weighted by Crippen LogP contribution is -2.46. The van der Waals surface area contributed by atoms with E-state index < -0.39 is 23.2 Å². The Hall–Kier alpha value is -3.66. The fourth-order valence-electron chi connectivity index (χ4n) is 4.63. The molecule has 2 amide bonds. The summed E-state index contributed by atoms with van der Waals surface area (Å²) in [6.07, 6.45) is 5.10. The lowest BCUT2D eigenvalue weighted by Gasteiger charge is -2.28. The normalized spacial score (nSPS) is 16.0. The highest BCUT2D eigenvalue weighted by molar-refractivity contribution is 5.93. The molecule has 1 aromatic heterocycles. The SMILES string of the molecule is C[C@H](NC1CCc2cc(F)cc(F)c2C1)C(=O)Nc1cn(C(C)(C)C(=O)NCCc2cccc(F)c2)cn1. The molecule has 0 radical (unpaired) electrons. The van der Waals surface area contributed by atoms with Gasteiger partial charge in [0.05, 0.1) is 12.4 Å². The first-order chi connectivity index (χ1) is 18.0. The van der Waals surface area contributed by atoms with Crippen LogP contribution in [0.15, 0.2) is 48.9 Å². The predicted molar refractivity (Wildman–Crippen MR) is 138 cm³/mol. The Morgan fingerprint density at radius 2 is 1.95 bits per heavy atom. The third-order valence-corrected chi connectivity index (χ3v) is 6.97. The fourth-order valence-corrected chi connectivity index (χ4v) is 4.63. The van der Waals surface area contributed by atoms with Gasteiger partial charge in [-0.3, -0.25) is 9.59 Å². The molecule has 1 heterocycles. The highest BCUT2D eigenvalue weighted by Crippen LogP contribution is 2.25. The molecule has 0 spiro atoms. The topological polar surface area (TPSA) is 88.0 Å². The number of carbonyl (C=O) groups excluding carboxylic acids is 2. The van der Waals surface area contributed by atoms with Crippen LogP contribution in [0.1, 0.15) is 43.9 Å². The predicted octanol–water partition coefficient (Wildman–Crippen LogP) is 3.87. The monoisotopic (exact) mass is 527 g/mol. The van der Waals surface area contributed by atoms with Gasteiger partial charge < -0.3 is 20.5 Å². The van der Waals surface area contributed by atoms with Crippen LogP contribution < -0.4 is 16.0 Å². The van der Waals surface area contributed by atoms with Crippen molar-refractivity contribution in [1.29, 1.82) is 0 Å². The van der Waals surface area contributed by atoms with Crippen LogP contribution >= 0.6 is 0 Å². The van der Waals surface area contributed by atoms with Crippen LogP contribution in [-0.2, 0) is 34.4 Å². The molecule has 202 valence electrons. The smallest absolute Gasteiger partial charge is 0.245 e. The third-order valence-electron chi connectivity index (χ3n) is 6.97. The van der Waals surface area contributed by atoms with Crippen LogP contribution in [-0.4, -0.2) is 40.0 Å². The summed E-state index contributed by atoms with van der Waals surface area (Å²) in [4.78, 5) is 29.8. The quantitative estimate of drug-likeness (QED) is 0.394. The van der Waals surface area contributed by atoms with Gasteiger partial charge in [-0.15, -0.1) is 0 Å². The Bertz CT molecular complexity index is 1320. The molecule has 1 aliphatic rings. The van der Waals surface area contributed by atoms with Gasteiger partial charge in [0.15, 0.2) is 5.82 Å². The van der Waals surface area contributed by atoms with Crippen molar-refractivity contribution >= 4 is 17.6 Å². The molecule has 7 nitrogen and oxygen atoms in total. The van der Waals surface area contributed by atoms with Gasteiger partial charge in [0, 0.05) is 24.8 Å². The average molecular weight is 528 g/mol. The number of imidazole rings is 1. The molecule has 0 bridgehead atoms. The molecule has 3 aromatic rings. The molecule has 0 fully saturated rings. The highest BCUT2D eigenvalue weighted by Gasteiger charge is 2.30. The number of carbonyl (C=O) groups is 2. The summed E-state index contributed by atoms with van der Waals surface area (Å²) >= 11 is 0. The van der Waals surface area contributed by atoms with E-state index in [0.29, 0.717) is 49.2 Å². The molecule has 0 aliphatic heterocycles. The molecule has 2 aromatic carbocycles. The molecule has 38 heavy (non-hydrogen) atoms. The minimum Gasteiger partial charge on any atom is -0.354 e. The van der Waals surface area contributed by atoms with Crippen molar-refractivity contribution in [2.75, 3.05) is 11.9 Å². The van der Waals surface area contributed by atoms with E-state index in [1.165, 1.54) is 24.5 Å². The Morgan fingerprint density at radius 3 is 2.71 bits per heavy atom. The summed E-state index contributed by atoms with van der Waals surface area (Å²) in [6, 6.07) is 7.78. The third kappa shape index (κ3) is 6.42. The largest absolute Gasteiger partial charge is 0.354 e. The van der Waals surface area contributed by atoms with E-state index in [4.69, 9.17) is 0 Å². The van der Waals surface area contributed by atoms with Crippen molar-refractivity contribution in [3.8, 4) is 0 Å². The number of hydrogen-bond donors (Lipinski definition) is 3. The summed E-state index contributed by atoms with van der Waals surface area (Å²) in [5, 5.41) is 8.83. The van der Waals surface area contributed by atoms with Crippen LogP contribution in [0.4, 0.5) is 19.0 Å². The molecule has 0 saturated carbocycles. The number of nitrogens with zero attached hydrogens (tertiary/aromatic N) is 2. The molecule has 4 rings (SSSR count). The second-order valence-electron chi connectivity index (χ2n) is 10.2. The summed E-state index contributed by atoms with van der Waals surface area (Å²) in [5.74, 6) is -1.73. The van der Waals surface area contributed by atoms with E-state index in [0.717, 1.165) is 11.6 Å². The number of halogens is 3. The zero-order chi connectivity index (χ0) is 27.4. The number of aryl methyl sites for hydroxylation is 1. The van der Waals surface area contributed by atoms with Crippen molar-refractivity contribution in [3.63, 3.8) is 0 Å². The first-order valence-electron chi connectivity index (χ1n) is 12.6. The van der Waals surface area contributed by atoms with Gasteiger partial charge in [0.2, 0.25) is 11.8 Å². The number of nitrogens with one attached hydrogen (secondary N) is 3. The zero-order valence-electron chi connectivity index (χ0n) is 21.7. The Morgan fingerprint density at radius 1 is 1.16 bits per heavy atom. The first kappa shape index (κ1) is 27.4. The molecule has 1 aliphatic carbocycles. The Balaban J connectivity index is 1.29. The molecular weight excluding hydrogens is 495 g/mol. The van der Waals surface area contributed by atoms with Gasteiger partial charge in [-0.1, -0.05) is 12.1 Å². The molecule has 10 heteroatoms. The Labute approximate surface area is 219 Å². The number of anilines is 1. The first-order valence-corrected chi connectivity index (χ1v) is 12.6. The van der Waals surface area contributed by atoms with Gasteiger partial charge in [-0.2, -0.15) is 0 Å². The van der Waals surface area contributed by atoms with Crippen LogP contribution in [0.2, 0.25) is 0 Å². The van der Waals surface area contributed by atoms with Gasteiger partial charge in [0.1, 0.15) is 23.0 Å². The van der Waals surface area contributed by atoms with Crippen LogP contribution in [0.25, 0.3) is 0 Å². The number of fused-ring (bicyclic) bond motifs is 1. The summed E-state index contributed by atoms with van der Waals surface area (Å²) in [7, 11) is 0. The lowest BCUT2D eigenvalue weighted by molar-refractivity contribution is -0.128. The van der Waals surface area contributed by atoms with E-state index in [2.05, 4.69) is 20.9 Å². The molecule has 1 unspecified atom stereocenters. The summed E-state index contributed by atoms with van der Waals surface area (Å²) in [6.45, 7) is 5.51. The van der Waals surface area contributed by atoms with E-state index in [-0.39, 0.29) is 23.7 Å². The van der Waals surface area contributed by atoms with Crippen molar-refractivity contribution in [2.24, 2.45) is 0 Å². The van der Waals surface area contributed by atoms with Gasteiger partial charge in [0.25, 0.3) is 0 Å². The second-order valence-corrected chi connectivity index (χ2v) is 10.2. The number of aromatic nitrogens is 2. The highest BCUT2D eigenvalue weighted by atomic mass is 19.1. The van der Waals surface area contributed by atoms with Crippen molar-refractivity contribution in [3.05, 3.63) is 83.1 Å². The van der Waals surface area contributed by atoms with E-state index >= 15 is 0 Å². The lowest BCUT2D eigenvalue weighted by atomic mass is 9.87. The number of hydrogen-bond acceptors (Lipinski definition) is 4. The van der Waals surface area contributed by atoms with Gasteiger partial charge >= 0.3 is 0 Å². The standard InChI is InChI=1S/C28H32F3N5O2/c1-17(34-22-8-7-19-12-21(30)13-24(31)23(19)14-22)26(37)35-25-15-36(16-33-25)28(2,3)27(38)32-10-9-18-5-4-6-20(29)11-18/h4-6,11-13,15-17,22,34H,7-10,14H2,1-3H3,(H,32,38)(H,35,37)/t17-,22?/m0/s1. The van der Waals surface area contributed by atoms with E-state index in [1.54, 1.807) is 43.7 Å². The van der Waals surface area contributed by atoms with Crippen LogP contribution in [0.3, 0.4) is 0 Å². The molecular formula is C28H32F3N5O2. The summed E-state index contributed by atoms with van der Waals surface area (Å²) < 4.78 is 42.6. The Kier molecular flexibility index (Phi) is 8.20. The number of amides is 2. The summed E-state index contributed by atoms with van der Waals surface area (Å²) in [5.41, 5.74) is 0.956. The van der Waals surface area contributed by atoms with Crippen molar-refractivity contribution < 1.29 is 22.8 Å². The van der Waals surface area contributed by atoms with Gasteiger partial charge in [-0.25, -0.2) is 18.2 Å². The fraction of sp³-hybridized carbons (Fsp3) is 0.393. The maximum absolute atomic E-state index is 14.2. The second kappa shape index (κ2) is 11.4. The van der Waals surface area contributed by atoms with Crippen LogP contribution in [0.5, 0.6) is 0 Å². The van der Waals surface area contributed by atoms with E-state index in [9.17, 15) is 22.8 Å². The number of rotatable bonds is 9. The van der Waals surface area contributed by atoms with Crippen molar-refractivity contribution in [2.45, 2.75) is 64.1 Å². The van der Waals surface area contributed by atoms with Crippen LogP contribution in [0, 0.1) is 17.5 Å². The van der Waals surface area contributed by atoms with Crippen molar-refractivity contribution in [1.82, 2.24) is 20.2 Å². The molecule has 2 atom stereocenters. The molecule has 0 saturated heterocycles. The minimum atomic E-state index is -0.985. The molecule has 3 N–H and O–H groups in total.